The first-order chi connectivity index (χ1) is 7.39. The monoisotopic (exact) mass is 231 g/mol. The lowest BCUT2D eigenvalue weighted by Crippen LogP contribution is -2.35. The molecule has 4 heteroatoms. The van der Waals surface area contributed by atoms with Crippen LogP contribution in [-0.4, -0.2) is 30.0 Å². The summed E-state index contributed by atoms with van der Waals surface area (Å²) in [4.78, 5) is 11.4. The molecule has 0 heterocycles. The molecule has 96 valence electrons. The van der Waals surface area contributed by atoms with Crippen LogP contribution < -0.4 is 5.32 Å². The van der Waals surface area contributed by atoms with Crippen molar-refractivity contribution in [3.8, 4) is 0 Å². The molecule has 0 bridgehead atoms. The SMILES string of the molecule is CC[C@@H](CCCO)CNC(=O)OC(C)(C)C. The van der Waals surface area contributed by atoms with E-state index >= 15 is 0 Å². The maximum absolute atomic E-state index is 11.4. The van der Waals surface area contributed by atoms with Gasteiger partial charge in [0.15, 0.2) is 0 Å². The van der Waals surface area contributed by atoms with E-state index in [4.69, 9.17) is 9.84 Å². The quantitative estimate of drug-likeness (QED) is 0.737. The molecule has 0 saturated carbocycles. The van der Waals surface area contributed by atoms with Gasteiger partial charge in [-0.05, 0) is 39.5 Å². The summed E-state index contributed by atoms with van der Waals surface area (Å²) in [7, 11) is 0. The zero-order valence-electron chi connectivity index (χ0n) is 10.9. The van der Waals surface area contributed by atoms with E-state index in [0.717, 1.165) is 19.3 Å². The number of hydrogen-bond donors (Lipinski definition) is 2. The van der Waals surface area contributed by atoms with Crippen molar-refractivity contribution in [1.82, 2.24) is 5.32 Å². The second-order valence-electron chi connectivity index (χ2n) is 5.02. The van der Waals surface area contributed by atoms with Crippen molar-refractivity contribution in [3.05, 3.63) is 0 Å². The second kappa shape index (κ2) is 7.49. The third-order valence-electron chi connectivity index (χ3n) is 2.28. The van der Waals surface area contributed by atoms with Crippen molar-refractivity contribution in [1.29, 1.82) is 0 Å². The van der Waals surface area contributed by atoms with Crippen LogP contribution in [0.15, 0.2) is 0 Å². The fourth-order valence-electron chi connectivity index (χ4n) is 1.37. The molecule has 0 aliphatic rings. The largest absolute Gasteiger partial charge is 0.444 e. The van der Waals surface area contributed by atoms with Gasteiger partial charge in [0, 0.05) is 13.2 Å². The number of aliphatic hydroxyl groups excluding tert-OH is 1. The molecule has 0 unspecified atom stereocenters. The molecule has 0 saturated heterocycles. The highest BCUT2D eigenvalue weighted by Crippen LogP contribution is 2.10. The van der Waals surface area contributed by atoms with Gasteiger partial charge in [0.2, 0.25) is 0 Å². The Bertz CT molecular complexity index is 199. The van der Waals surface area contributed by atoms with Gasteiger partial charge < -0.3 is 15.2 Å². The van der Waals surface area contributed by atoms with Gasteiger partial charge >= 0.3 is 6.09 Å². The number of nitrogens with one attached hydrogen (secondary N) is 1. The lowest BCUT2D eigenvalue weighted by molar-refractivity contribution is 0.0517. The zero-order valence-corrected chi connectivity index (χ0v) is 10.9. The van der Waals surface area contributed by atoms with Crippen LogP contribution in [0.3, 0.4) is 0 Å². The minimum atomic E-state index is -0.448. The molecule has 1 atom stereocenters. The van der Waals surface area contributed by atoms with Crippen molar-refractivity contribution in [2.24, 2.45) is 5.92 Å². The van der Waals surface area contributed by atoms with Crippen molar-refractivity contribution in [3.63, 3.8) is 0 Å². The fraction of sp³-hybridized carbons (Fsp3) is 0.917. The van der Waals surface area contributed by atoms with Crippen molar-refractivity contribution < 1.29 is 14.6 Å². The van der Waals surface area contributed by atoms with Crippen LogP contribution in [0.5, 0.6) is 0 Å². The highest BCUT2D eigenvalue weighted by molar-refractivity contribution is 5.67. The number of alkyl carbamates (subject to hydrolysis) is 1. The Morgan fingerprint density at radius 3 is 2.50 bits per heavy atom. The average Bonchev–Trinajstić information content (AvgIpc) is 2.15. The summed E-state index contributed by atoms with van der Waals surface area (Å²) >= 11 is 0. The minimum absolute atomic E-state index is 0.211. The number of carbonyl (C=O) groups is 1. The normalized spacial score (nSPS) is 13.3. The standard InChI is InChI=1S/C12H25NO3/c1-5-10(7-6-8-14)9-13-11(15)16-12(2,3)4/h10,14H,5-9H2,1-4H3,(H,13,15)/t10-/m0/s1. The molecule has 0 spiro atoms. The third kappa shape index (κ3) is 8.53. The van der Waals surface area contributed by atoms with Crippen molar-refractivity contribution >= 4 is 6.09 Å². The van der Waals surface area contributed by atoms with Gasteiger partial charge in [-0.25, -0.2) is 4.79 Å². The van der Waals surface area contributed by atoms with Crippen molar-refractivity contribution in [2.75, 3.05) is 13.2 Å². The summed E-state index contributed by atoms with van der Waals surface area (Å²) in [5, 5.41) is 11.5. The van der Waals surface area contributed by atoms with Gasteiger partial charge in [-0.3, -0.25) is 0 Å². The van der Waals surface area contributed by atoms with E-state index in [1.54, 1.807) is 0 Å². The smallest absolute Gasteiger partial charge is 0.407 e. The van der Waals surface area contributed by atoms with Gasteiger partial charge in [0.25, 0.3) is 0 Å². The molecule has 0 aliphatic carbocycles. The Morgan fingerprint density at radius 2 is 2.06 bits per heavy atom. The van der Waals surface area contributed by atoms with Crippen LogP contribution in [0.4, 0.5) is 4.79 Å². The van der Waals surface area contributed by atoms with Crippen LogP contribution in [0.1, 0.15) is 47.0 Å². The summed E-state index contributed by atoms with van der Waals surface area (Å²) in [5.74, 6) is 0.416. The Kier molecular flexibility index (Phi) is 7.13. The Hall–Kier alpha value is -0.770. The predicted octanol–water partition coefficient (Wildman–Crippen LogP) is 2.31. The van der Waals surface area contributed by atoms with Gasteiger partial charge in [0.05, 0.1) is 0 Å². The van der Waals surface area contributed by atoms with Crippen LogP contribution in [0.25, 0.3) is 0 Å². The topological polar surface area (TPSA) is 58.6 Å². The number of rotatable bonds is 6. The van der Waals surface area contributed by atoms with Gasteiger partial charge in [-0.1, -0.05) is 13.3 Å². The van der Waals surface area contributed by atoms with E-state index in [1.165, 1.54) is 0 Å². The Morgan fingerprint density at radius 1 is 1.44 bits per heavy atom. The molecule has 0 aromatic carbocycles. The van der Waals surface area contributed by atoms with E-state index in [1.807, 2.05) is 20.8 Å². The fourth-order valence-corrected chi connectivity index (χ4v) is 1.37. The Labute approximate surface area is 98.4 Å². The van der Waals surface area contributed by atoms with Gasteiger partial charge in [0.1, 0.15) is 5.60 Å². The van der Waals surface area contributed by atoms with Crippen LogP contribution in [0.2, 0.25) is 0 Å². The second-order valence-corrected chi connectivity index (χ2v) is 5.02. The van der Waals surface area contributed by atoms with Crippen LogP contribution in [0, 0.1) is 5.92 Å². The summed E-state index contributed by atoms with van der Waals surface area (Å²) in [6.07, 6.45) is 2.35. The molecular formula is C12H25NO3. The number of amides is 1. The number of ether oxygens (including phenoxy) is 1. The number of hydrogen-bond acceptors (Lipinski definition) is 3. The molecule has 0 fully saturated rings. The van der Waals surface area contributed by atoms with E-state index in [-0.39, 0.29) is 12.7 Å². The van der Waals surface area contributed by atoms with Crippen molar-refractivity contribution in [2.45, 2.75) is 52.6 Å². The first kappa shape index (κ1) is 15.2. The molecule has 16 heavy (non-hydrogen) atoms. The van der Waals surface area contributed by atoms with Crippen LogP contribution in [-0.2, 0) is 4.74 Å². The highest BCUT2D eigenvalue weighted by Gasteiger charge is 2.16. The third-order valence-corrected chi connectivity index (χ3v) is 2.28. The van der Waals surface area contributed by atoms with E-state index in [9.17, 15) is 4.79 Å². The number of carbonyl (C=O) groups excluding carboxylic acids is 1. The summed E-state index contributed by atoms with van der Waals surface area (Å²) in [6, 6.07) is 0. The Balaban J connectivity index is 3.79. The van der Waals surface area contributed by atoms with Crippen LogP contribution >= 0.6 is 0 Å². The van der Waals surface area contributed by atoms with E-state index in [2.05, 4.69) is 12.2 Å². The summed E-state index contributed by atoms with van der Waals surface area (Å²) in [5.41, 5.74) is -0.448. The molecule has 0 radical (unpaired) electrons. The van der Waals surface area contributed by atoms with E-state index < -0.39 is 5.60 Å². The zero-order chi connectivity index (χ0) is 12.6. The molecule has 4 nitrogen and oxygen atoms in total. The highest BCUT2D eigenvalue weighted by atomic mass is 16.6. The molecule has 0 aromatic heterocycles. The molecule has 0 aromatic rings. The maximum Gasteiger partial charge on any atom is 0.407 e. The summed E-state index contributed by atoms with van der Waals surface area (Å²) < 4.78 is 5.14. The average molecular weight is 231 g/mol. The lowest BCUT2D eigenvalue weighted by atomic mass is 10.0. The summed E-state index contributed by atoms with van der Waals surface area (Å²) in [6.45, 7) is 8.44. The van der Waals surface area contributed by atoms with Gasteiger partial charge in [-0.15, -0.1) is 0 Å². The minimum Gasteiger partial charge on any atom is -0.444 e. The first-order valence-electron chi connectivity index (χ1n) is 5.96. The molecule has 0 aliphatic heterocycles. The number of aliphatic hydroxyl groups is 1. The lowest BCUT2D eigenvalue weighted by Gasteiger charge is -2.21. The maximum atomic E-state index is 11.4. The predicted molar refractivity (Wildman–Crippen MR) is 64.3 cm³/mol. The molecule has 1 amide bonds. The first-order valence-corrected chi connectivity index (χ1v) is 5.96. The molecular weight excluding hydrogens is 206 g/mol. The molecule has 0 rings (SSSR count). The van der Waals surface area contributed by atoms with E-state index in [0.29, 0.717) is 12.5 Å². The molecule has 2 N–H and O–H groups in total. The van der Waals surface area contributed by atoms with Gasteiger partial charge in [-0.2, -0.15) is 0 Å².